The fourth-order valence-corrected chi connectivity index (χ4v) is 2.66. The zero-order valence-electron chi connectivity index (χ0n) is 13.6. The minimum Gasteiger partial charge on any atom is -0.461 e. The Morgan fingerprint density at radius 3 is 2.45 bits per heavy atom. The largest absolute Gasteiger partial charge is 0.461 e. The molecule has 0 bridgehead atoms. The van der Waals surface area contributed by atoms with Crippen LogP contribution in [0.15, 0.2) is 24.3 Å². The summed E-state index contributed by atoms with van der Waals surface area (Å²) in [4.78, 5) is 12.1. The number of rotatable bonds is 8. The molecule has 1 heterocycles. The number of hydrogen-bond acceptors (Lipinski definition) is 3. The molecular formula is C18H25FO3. The number of carbonyl (C=O) groups excluding carboxylic acids is 1. The van der Waals surface area contributed by atoms with Crippen molar-refractivity contribution in [2.75, 3.05) is 6.61 Å². The first kappa shape index (κ1) is 16.9. The Morgan fingerprint density at radius 2 is 1.91 bits per heavy atom. The zero-order chi connectivity index (χ0) is 16.2. The van der Waals surface area contributed by atoms with Crippen LogP contribution >= 0.6 is 0 Å². The molecule has 4 heteroatoms. The molecule has 0 aliphatic carbocycles. The second-order valence-electron chi connectivity index (χ2n) is 6.41. The lowest BCUT2D eigenvalue weighted by Crippen LogP contribution is -2.35. The molecule has 1 saturated heterocycles. The van der Waals surface area contributed by atoms with Gasteiger partial charge in [-0.05, 0) is 56.7 Å². The van der Waals surface area contributed by atoms with Gasteiger partial charge >= 0.3 is 5.97 Å². The second-order valence-corrected chi connectivity index (χ2v) is 6.41. The van der Waals surface area contributed by atoms with E-state index in [9.17, 15) is 9.18 Å². The highest BCUT2D eigenvalue weighted by Gasteiger charge is 2.57. The average molecular weight is 308 g/mol. The van der Waals surface area contributed by atoms with Crippen molar-refractivity contribution < 1.29 is 18.7 Å². The lowest BCUT2D eigenvalue weighted by atomic mass is 9.89. The van der Waals surface area contributed by atoms with Gasteiger partial charge in [0.1, 0.15) is 5.82 Å². The van der Waals surface area contributed by atoms with Crippen molar-refractivity contribution in [1.29, 1.82) is 0 Å². The predicted molar refractivity (Wildman–Crippen MR) is 83.0 cm³/mol. The molecule has 3 nitrogen and oxygen atoms in total. The molecule has 0 spiro atoms. The summed E-state index contributed by atoms with van der Waals surface area (Å²) in [7, 11) is 0. The van der Waals surface area contributed by atoms with Gasteiger partial charge in [0, 0.05) is 0 Å². The Hall–Kier alpha value is -1.42. The molecule has 0 amide bonds. The lowest BCUT2D eigenvalue weighted by Gasteiger charge is -2.20. The Balaban J connectivity index is 1.72. The summed E-state index contributed by atoms with van der Waals surface area (Å²) in [5, 5.41) is 0. The van der Waals surface area contributed by atoms with Gasteiger partial charge in [-0.1, -0.05) is 25.5 Å². The fourth-order valence-electron chi connectivity index (χ4n) is 2.66. The maximum absolute atomic E-state index is 12.8. The van der Waals surface area contributed by atoms with Gasteiger partial charge in [0.15, 0.2) is 5.60 Å². The van der Waals surface area contributed by atoms with Crippen LogP contribution in [0.3, 0.4) is 0 Å². The SMILES string of the molecule is CC(C)OC(=O)C1(C(C)CCCCc2ccc(F)cc2)CO1. The maximum Gasteiger partial charge on any atom is 0.341 e. The van der Waals surface area contributed by atoms with Crippen LogP contribution in [-0.4, -0.2) is 24.3 Å². The van der Waals surface area contributed by atoms with Crippen molar-refractivity contribution in [2.45, 2.75) is 58.2 Å². The van der Waals surface area contributed by atoms with E-state index in [1.54, 1.807) is 0 Å². The van der Waals surface area contributed by atoms with Crippen LogP contribution in [0.2, 0.25) is 0 Å². The molecule has 0 N–H and O–H groups in total. The Labute approximate surface area is 131 Å². The monoisotopic (exact) mass is 308 g/mol. The third kappa shape index (κ3) is 4.29. The molecule has 1 aliphatic heterocycles. The fraction of sp³-hybridized carbons (Fsp3) is 0.611. The van der Waals surface area contributed by atoms with Crippen LogP contribution in [0.1, 0.15) is 45.6 Å². The number of epoxide rings is 1. The number of esters is 1. The lowest BCUT2D eigenvalue weighted by molar-refractivity contribution is -0.156. The summed E-state index contributed by atoms with van der Waals surface area (Å²) in [6.07, 6.45) is 3.77. The molecule has 2 atom stereocenters. The van der Waals surface area contributed by atoms with Gasteiger partial charge in [0.25, 0.3) is 0 Å². The Morgan fingerprint density at radius 1 is 1.27 bits per heavy atom. The van der Waals surface area contributed by atoms with E-state index in [4.69, 9.17) is 9.47 Å². The summed E-state index contributed by atoms with van der Waals surface area (Å²) in [5.74, 6) is -0.269. The van der Waals surface area contributed by atoms with Crippen molar-refractivity contribution in [3.8, 4) is 0 Å². The molecule has 122 valence electrons. The topological polar surface area (TPSA) is 38.8 Å². The molecule has 1 aromatic carbocycles. The molecule has 1 aromatic rings. The number of ether oxygens (including phenoxy) is 2. The van der Waals surface area contributed by atoms with E-state index in [0.717, 1.165) is 31.2 Å². The minimum atomic E-state index is -0.708. The van der Waals surface area contributed by atoms with Crippen LogP contribution in [0.5, 0.6) is 0 Å². The van der Waals surface area contributed by atoms with Gasteiger partial charge in [-0.2, -0.15) is 0 Å². The first-order valence-corrected chi connectivity index (χ1v) is 8.03. The Kier molecular flexibility index (Phi) is 5.57. The van der Waals surface area contributed by atoms with Gasteiger partial charge in [-0.25, -0.2) is 9.18 Å². The summed E-state index contributed by atoms with van der Waals surface area (Å²) >= 11 is 0. The second kappa shape index (κ2) is 7.23. The van der Waals surface area contributed by atoms with E-state index in [1.807, 2.05) is 32.9 Å². The number of hydrogen-bond donors (Lipinski definition) is 0. The molecule has 0 radical (unpaired) electrons. The van der Waals surface area contributed by atoms with Crippen molar-refractivity contribution in [3.63, 3.8) is 0 Å². The van der Waals surface area contributed by atoms with Gasteiger partial charge < -0.3 is 9.47 Å². The van der Waals surface area contributed by atoms with Gasteiger partial charge in [-0.15, -0.1) is 0 Å². The summed E-state index contributed by atoms with van der Waals surface area (Å²) in [6.45, 7) is 6.22. The smallest absolute Gasteiger partial charge is 0.341 e. The van der Waals surface area contributed by atoms with Crippen molar-refractivity contribution in [2.24, 2.45) is 5.92 Å². The average Bonchev–Trinajstić information content (AvgIpc) is 3.26. The molecule has 1 fully saturated rings. The zero-order valence-corrected chi connectivity index (χ0v) is 13.6. The van der Waals surface area contributed by atoms with Crippen LogP contribution in [0, 0.1) is 11.7 Å². The highest BCUT2D eigenvalue weighted by Crippen LogP contribution is 2.39. The number of benzene rings is 1. The van der Waals surface area contributed by atoms with E-state index < -0.39 is 5.60 Å². The summed E-state index contributed by atoms with van der Waals surface area (Å²) in [6, 6.07) is 6.63. The molecule has 1 aliphatic rings. The predicted octanol–water partition coefficient (Wildman–Crippen LogP) is 3.90. The normalized spacial score (nSPS) is 21.7. The van der Waals surface area contributed by atoms with Crippen molar-refractivity contribution in [3.05, 3.63) is 35.6 Å². The van der Waals surface area contributed by atoms with Crippen molar-refractivity contribution in [1.82, 2.24) is 0 Å². The van der Waals surface area contributed by atoms with Crippen LogP contribution in [0.25, 0.3) is 0 Å². The molecular weight excluding hydrogens is 283 g/mol. The highest BCUT2D eigenvalue weighted by atomic mass is 19.1. The van der Waals surface area contributed by atoms with Crippen molar-refractivity contribution >= 4 is 5.97 Å². The van der Waals surface area contributed by atoms with E-state index in [2.05, 4.69) is 0 Å². The van der Waals surface area contributed by atoms with Gasteiger partial charge in [-0.3, -0.25) is 0 Å². The molecule has 0 aromatic heterocycles. The highest BCUT2D eigenvalue weighted by molar-refractivity contribution is 5.82. The minimum absolute atomic E-state index is 0.112. The van der Waals surface area contributed by atoms with E-state index in [-0.39, 0.29) is 23.8 Å². The number of aryl methyl sites for hydroxylation is 1. The van der Waals surface area contributed by atoms with Gasteiger partial charge in [0.2, 0.25) is 0 Å². The van der Waals surface area contributed by atoms with Crippen LogP contribution in [-0.2, 0) is 20.7 Å². The Bertz CT molecular complexity index is 492. The van der Waals surface area contributed by atoms with E-state index >= 15 is 0 Å². The molecule has 2 unspecified atom stereocenters. The first-order chi connectivity index (χ1) is 10.4. The number of unbranched alkanes of at least 4 members (excludes halogenated alkanes) is 1. The van der Waals surface area contributed by atoms with E-state index in [1.165, 1.54) is 12.1 Å². The molecule has 0 saturated carbocycles. The first-order valence-electron chi connectivity index (χ1n) is 8.03. The van der Waals surface area contributed by atoms with Crippen LogP contribution in [0.4, 0.5) is 4.39 Å². The van der Waals surface area contributed by atoms with Gasteiger partial charge in [0.05, 0.1) is 12.7 Å². The third-order valence-electron chi connectivity index (χ3n) is 4.21. The standard InChI is InChI=1S/C18H25FO3/c1-13(2)22-17(20)18(12-21-18)14(3)6-4-5-7-15-8-10-16(19)11-9-15/h8-11,13-14H,4-7,12H2,1-3H3. The quantitative estimate of drug-likeness (QED) is 0.415. The number of carbonyl (C=O) groups is 1. The third-order valence-corrected chi connectivity index (χ3v) is 4.21. The summed E-state index contributed by atoms with van der Waals surface area (Å²) in [5.41, 5.74) is 0.436. The number of halogens is 1. The summed E-state index contributed by atoms with van der Waals surface area (Å²) < 4.78 is 23.5. The molecule has 2 rings (SSSR count). The molecule has 22 heavy (non-hydrogen) atoms. The maximum atomic E-state index is 12.8. The van der Waals surface area contributed by atoms with E-state index in [0.29, 0.717) is 6.61 Å². The van der Waals surface area contributed by atoms with Crippen LogP contribution < -0.4 is 0 Å².